The first-order valence-corrected chi connectivity index (χ1v) is 36.1. The Bertz CT molecular complexity index is 6130. The zero-order valence-corrected chi connectivity index (χ0v) is 58.4. The summed E-state index contributed by atoms with van der Waals surface area (Å²) < 4.78 is 14.2. The van der Waals surface area contributed by atoms with E-state index in [9.17, 15) is 9.59 Å². The Kier molecular flexibility index (Phi) is 16.5. The summed E-state index contributed by atoms with van der Waals surface area (Å²) in [5, 5.41) is 1.43. The van der Waals surface area contributed by atoms with E-state index in [1.54, 1.807) is 12.1 Å². The fourth-order valence-corrected chi connectivity index (χ4v) is 15.5. The monoisotopic (exact) mass is 1390 g/mol. The highest BCUT2D eigenvalue weighted by Gasteiger charge is 2.44. The topological polar surface area (TPSA) is 116 Å². The van der Waals surface area contributed by atoms with E-state index < -0.39 is 11.9 Å². The van der Waals surface area contributed by atoms with Gasteiger partial charge < -0.3 is 23.8 Å². The van der Waals surface area contributed by atoms with Crippen molar-refractivity contribution < 1.29 is 19.1 Å². The molecular formula is C96H64BN7O4. The Morgan fingerprint density at radius 1 is 0.306 bits per heavy atom. The first-order chi connectivity index (χ1) is 53.4. The van der Waals surface area contributed by atoms with Gasteiger partial charge in [-0.15, -0.1) is 0 Å². The lowest BCUT2D eigenvalue weighted by Gasteiger charge is -2.45. The maximum absolute atomic E-state index is 14.3. The van der Waals surface area contributed by atoms with Crippen LogP contribution in [0.25, 0.3) is 106 Å². The molecule has 510 valence electrons. The molecule has 0 amide bonds. The average Bonchev–Trinajstić information content (AvgIpc) is 0.882. The highest BCUT2D eigenvalue weighted by molar-refractivity contribution is 7.00. The van der Waals surface area contributed by atoms with Crippen LogP contribution in [-0.2, 0) is 22.7 Å². The average molecular weight is 1390 g/mol. The van der Waals surface area contributed by atoms with Crippen LogP contribution in [0.5, 0.6) is 0 Å². The summed E-state index contributed by atoms with van der Waals surface area (Å²) >= 11 is 0. The predicted octanol–water partition coefficient (Wildman–Crippen LogP) is 20.8. The zero-order valence-electron chi connectivity index (χ0n) is 58.4. The SMILES string of the molecule is O=C(OCc1ccccc1)c1ccc2c(c1)c1cc(C(=O)OCc3ccccc3)ccc1n2-c1ccc(-c2cc(-c3ccccc3)nc(-c3ccccc3)n2)cc1-c1cc(-c2ccccc2)nc(-c2cccc(-c3ccc4c5c3N(c3ccccc3)c3ccccc3B5c3ccccc3N4c3ccccc3)c2)n1. The molecule has 0 fully saturated rings. The van der Waals surface area contributed by atoms with Crippen molar-refractivity contribution >= 4 is 91.0 Å². The van der Waals surface area contributed by atoms with Gasteiger partial charge in [-0.05, 0) is 142 Å². The van der Waals surface area contributed by atoms with Crippen LogP contribution in [-0.4, -0.2) is 43.2 Å². The second-order valence-electron chi connectivity index (χ2n) is 27.0. The largest absolute Gasteiger partial charge is 0.457 e. The molecule has 2 aliphatic heterocycles. The summed E-state index contributed by atoms with van der Waals surface area (Å²) in [6.45, 7) is 0.0910. The van der Waals surface area contributed by atoms with Crippen LogP contribution >= 0.6 is 0 Å². The molecule has 0 spiro atoms. The van der Waals surface area contributed by atoms with Crippen LogP contribution in [0.1, 0.15) is 31.8 Å². The minimum Gasteiger partial charge on any atom is -0.457 e. The third kappa shape index (κ3) is 11.9. The summed E-state index contributed by atoms with van der Waals surface area (Å²) in [4.78, 5) is 55.4. The van der Waals surface area contributed by atoms with E-state index in [4.69, 9.17) is 29.4 Å². The molecular weight excluding hydrogens is 1330 g/mol. The molecule has 19 rings (SSSR count). The Morgan fingerprint density at radius 2 is 0.731 bits per heavy atom. The van der Waals surface area contributed by atoms with Crippen LogP contribution in [0.15, 0.2) is 364 Å². The Labute approximate surface area is 624 Å². The number of esters is 2. The third-order valence-electron chi connectivity index (χ3n) is 20.5. The Balaban J connectivity index is 0.830. The quantitative estimate of drug-likeness (QED) is 0.0684. The molecule has 17 aromatic rings. The molecule has 0 bridgehead atoms. The zero-order chi connectivity index (χ0) is 72.0. The van der Waals surface area contributed by atoms with E-state index in [-0.39, 0.29) is 19.9 Å². The van der Waals surface area contributed by atoms with Crippen LogP contribution in [0.3, 0.4) is 0 Å². The lowest BCUT2D eigenvalue weighted by atomic mass is 9.33. The van der Waals surface area contributed by atoms with Crippen molar-refractivity contribution in [1.82, 2.24) is 24.5 Å². The molecule has 0 saturated heterocycles. The van der Waals surface area contributed by atoms with Crippen molar-refractivity contribution in [3.8, 4) is 84.6 Å². The van der Waals surface area contributed by atoms with Gasteiger partial charge in [-0.25, -0.2) is 29.5 Å². The number of nitrogens with zero attached hydrogens (tertiary/aromatic N) is 7. The van der Waals surface area contributed by atoms with Gasteiger partial charge in [-0.3, -0.25) is 0 Å². The van der Waals surface area contributed by atoms with Crippen molar-refractivity contribution in [1.29, 1.82) is 0 Å². The number of benzene rings is 14. The van der Waals surface area contributed by atoms with E-state index in [0.29, 0.717) is 50.6 Å². The molecule has 5 heterocycles. The standard InChI is InChI=1S/C96H64BN7O4/c105-95(107-61-63-27-8-1-9-28-63)71-48-52-85-76(57-71)77-58-72(96(106)108-62-64-29-10-2-11-30-64)49-53-86(77)104(85)87-51-47-69(83-59-81(65-31-12-3-13-32-65)98-93(100-83)67-35-16-5-17-36-67)56-78(87)84-60-82(66-33-14-4-15-34-66)99-94(101-84)70-38-26-37-68(55-70)75-50-54-90-91-92(75)103(74-41-20-7-21-42-74)89-46-25-23-44-80(89)97(91)79-43-22-24-45-88(79)102(90)73-39-18-6-19-40-73/h1-60H,61-62H2. The van der Waals surface area contributed by atoms with Crippen molar-refractivity contribution in [2.45, 2.75) is 13.2 Å². The number of hydrogen-bond donors (Lipinski definition) is 0. The second-order valence-corrected chi connectivity index (χ2v) is 27.0. The first kappa shape index (κ1) is 64.5. The van der Waals surface area contributed by atoms with Gasteiger partial charge in [0.25, 0.3) is 6.71 Å². The van der Waals surface area contributed by atoms with E-state index in [0.717, 1.165) is 112 Å². The second kappa shape index (κ2) is 27.7. The van der Waals surface area contributed by atoms with Crippen LogP contribution in [0.2, 0.25) is 0 Å². The van der Waals surface area contributed by atoms with Crippen molar-refractivity contribution in [2.75, 3.05) is 9.80 Å². The van der Waals surface area contributed by atoms with Gasteiger partial charge in [0.1, 0.15) is 13.2 Å². The summed E-state index contributed by atoms with van der Waals surface area (Å²) in [5.41, 5.74) is 24.8. The van der Waals surface area contributed by atoms with Crippen molar-refractivity contribution in [2.24, 2.45) is 0 Å². The maximum Gasteiger partial charge on any atom is 0.338 e. The van der Waals surface area contributed by atoms with Gasteiger partial charge in [0, 0.05) is 78.2 Å². The molecule has 12 heteroatoms. The lowest BCUT2D eigenvalue weighted by Crippen LogP contribution is -2.61. The molecule has 108 heavy (non-hydrogen) atoms. The molecule has 2 aliphatic rings. The van der Waals surface area contributed by atoms with E-state index >= 15 is 0 Å². The van der Waals surface area contributed by atoms with Gasteiger partial charge in [0.15, 0.2) is 11.6 Å². The van der Waals surface area contributed by atoms with Gasteiger partial charge in [0.05, 0.1) is 56.3 Å². The number of hydrogen-bond acceptors (Lipinski definition) is 10. The summed E-state index contributed by atoms with van der Waals surface area (Å²) in [6, 6.07) is 124. The molecule has 0 atom stereocenters. The van der Waals surface area contributed by atoms with Crippen LogP contribution < -0.4 is 26.2 Å². The van der Waals surface area contributed by atoms with Crippen LogP contribution in [0, 0.1) is 0 Å². The smallest absolute Gasteiger partial charge is 0.338 e. The molecule has 0 N–H and O–H groups in total. The number of para-hydroxylation sites is 4. The minimum atomic E-state index is -0.486. The summed E-state index contributed by atoms with van der Waals surface area (Å²) in [6.07, 6.45) is 0. The number of aromatic nitrogens is 5. The maximum atomic E-state index is 14.3. The van der Waals surface area contributed by atoms with Crippen molar-refractivity contribution in [3.05, 3.63) is 386 Å². The van der Waals surface area contributed by atoms with E-state index in [2.05, 4.69) is 215 Å². The Hall–Kier alpha value is -14.4. The van der Waals surface area contributed by atoms with Gasteiger partial charge >= 0.3 is 11.9 Å². The number of carbonyl (C=O) groups excluding carboxylic acids is 2. The fraction of sp³-hybridized carbons (Fsp3) is 0.0208. The highest BCUT2D eigenvalue weighted by atomic mass is 16.5. The molecule has 14 aromatic carbocycles. The molecule has 0 radical (unpaired) electrons. The van der Waals surface area contributed by atoms with Gasteiger partial charge in [0.2, 0.25) is 0 Å². The minimum absolute atomic E-state index is 0.0929. The molecule has 0 unspecified atom stereocenters. The number of carbonyl (C=O) groups is 2. The molecule has 3 aromatic heterocycles. The fourth-order valence-electron chi connectivity index (χ4n) is 15.5. The lowest BCUT2D eigenvalue weighted by molar-refractivity contribution is 0.0464. The number of rotatable bonds is 16. The first-order valence-electron chi connectivity index (χ1n) is 36.1. The van der Waals surface area contributed by atoms with Crippen LogP contribution in [0.4, 0.5) is 34.1 Å². The Morgan fingerprint density at radius 3 is 1.29 bits per heavy atom. The molecule has 0 aliphatic carbocycles. The number of anilines is 6. The van der Waals surface area contributed by atoms with E-state index in [1.165, 1.54) is 16.4 Å². The number of fused-ring (bicyclic) bond motifs is 7. The van der Waals surface area contributed by atoms with Crippen molar-refractivity contribution in [3.63, 3.8) is 0 Å². The summed E-state index contributed by atoms with van der Waals surface area (Å²) in [5.74, 6) is 0.105. The predicted molar refractivity (Wildman–Crippen MR) is 435 cm³/mol. The highest BCUT2D eigenvalue weighted by Crippen LogP contribution is 2.49. The third-order valence-corrected chi connectivity index (χ3v) is 20.5. The van der Waals surface area contributed by atoms with E-state index in [1.807, 2.05) is 152 Å². The normalized spacial score (nSPS) is 12.0. The van der Waals surface area contributed by atoms with Gasteiger partial charge in [-0.2, -0.15) is 0 Å². The summed E-state index contributed by atoms with van der Waals surface area (Å²) in [7, 11) is 0. The molecule has 11 nitrogen and oxygen atoms in total. The molecule has 0 saturated carbocycles. The van der Waals surface area contributed by atoms with Gasteiger partial charge in [-0.1, -0.05) is 255 Å². The number of ether oxygens (including phenoxy) is 2.